The van der Waals surface area contributed by atoms with Gasteiger partial charge in [0.15, 0.2) is 0 Å². The van der Waals surface area contributed by atoms with Crippen molar-refractivity contribution >= 4 is 35.0 Å². The molecule has 100 valence electrons. The predicted molar refractivity (Wildman–Crippen MR) is 70.9 cm³/mol. The molecule has 9 heteroatoms. The molecule has 0 bridgehead atoms. The largest absolute Gasteiger partial charge is 0.336 e. The molecule has 1 aromatic heterocycles. The average molecular weight is 302 g/mol. The van der Waals surface area contributed by atoms with Crippen molar-refractivity contribution in [1.82, 2.24) is 14.9 Å². The standard InChI is InChI=1S/C10H9ClFN5OS/c11-6-1-2-7(12)8(3-6)15-9(18)4-19-10-16-14-5-17(10)13/h1-3,5H,4,13H2,(H,15,18). The number of anilines is 1. The maximum atomic E-state index is 13.4. The Balaban J connectivity index is 1.94. The second-order valence-corrected chi connectivity index (χ2v) is 4.86. The molecule has 1 aromatic carbocycles. The fourth-order valence-electron chi connectivity index (χ4n) is 1.24. The van der Waals surface area contributed by atoms with Gasteiger partial charge in [0.25, 0.3) is 0 Å². The van der Waals surface area contributed by atoms with E-state index in [4.69, 9.17) is 17.4 Å². The van der Waals surface area contributed by atoms with Gasteiger partial charge in [-0.05, 0) is 18.2 Å². The van der Waals surface area contributed by atoms with Crippen molar-refractivity contribution in [3.05, 3.63) is 35.4 Å². The van der Waals surface area contributed by atoms with Crippen molar-refractivity contribution in [2.45, 2.75) is 5.16 Å². The minimum absolute atomic E-state index is 0.0296. The van der Waals surface area contributed by atoms with E-state index in [2.05, 4.69) is 15.5 Å². The number of hydrogen-bond donors (Lipinski definition) is 2. The van der Waals surface area contributed by atoms with Crippen LogP contribution in [0, 0.1) is 5.82 Å². The minimum Gasteiger partial charge on any atom is -0.336 e. The number of hydrogen-bond acceptors (Lipinski definition) is 5. The van der Waals surface area contributed by atoms with Gasteiger partial charge in [-0.25, -0.2) is 9.07 Å². The lowest BCUT2D eigenvalue weighted by molar-refractivity contribution is -0.113. The van der Waals surface area contributed by atoms with Gasteiger partial charge in [0.05, 0.1) is 11.4 Å². The molecule has 0 aliphatic heterocycles. The predicted octanol–water partition coefficient (Wildman–Crippen LogP) is 1.52. The third kappa shape index (κ3) is 3.58. The van der Waals surface area contributed by atoms with Crippen LogP contribution < -0.4 is 11.2 Å². The number of nitrogen functional groups attached to an aromatic ring is 1. The third-order valence-corrected chi connectivity index (χ3v) is 3.27. The number of aromatic nitrogens is 3. The van der Waals surface area contributed by atoms with E-state index in [0.29, 0.717) is 10.2 Å². The first kappa shape index (κ1) is 13.6. The van der Waals surface area contributed by atoms with Crippen LogP contribution in [0.15, 0.2) is 29.7 Å². The highest BCUT2D eigenvalue weighted by molar-refractivity contribution is 7.99. The van der Waals surface area contributed by atoms with Crippen molar-refractivity contribution in [1.29, 1.82) is 0 Å². The van der Waals surface area contributed by atoms with Crippen LogP contribution >= 0.6 is 23.4 Å². The molecule has 0 fully saturated rings. The molecule has 0 aliphatic carbocycles. The van der Waals surface area contributed by atoms with E-state index in [1.807, 2.05) is 0 Å². The zero-order valence-corrected chi connectivity index (χ0v) is 11.1. The van der Waals surface area contributed by atoms with Crippen LogP contribution in [0.1, 0.15) is 0 Å². The van der Waals surface area contributed by atoms with Crippen LogP contribution in [-0.4, -0.2) is 26.5 Å². The fourth-order valence-corrected chi connectivity index (χ4v) is 2.05. The van der Waals surface area contributed by atoms with E-state index >= 15 is 0 Å². The highest BCUT2D eigenvalue weighted by Crippen LogP contribution is 2.20. The molecule has 2 rings (SSSR count). The molecular weight excluding hydrogens is 293 g/mol. The monoisotopic (exact) mass is 301 g/mol. The molecule has 6 nitrogen and oxygen atoms in total. The number of nitrogens with one attached hydrogen (secondary N) is 1. The van der Waals surface area contributed by atoms with E-state index < -0.39 is 11.7 Å². The number of rotatable bonds is 4. The van der Waals surface area contributed by atoms with Gasteiger partial charge in [0, 0.05) is 5.02 Å². The first-order chi connectivity index (χ1) is 9.06. The number of nitrogens with zero attached hydrogens (tertiary/aromatic N) is 3. The van der Waals surface area contributed by atoms with Crippen molar-refractivity contribution in [2.75, 3.05) is 16.9 Å². The number of halogens is 2. The molecule has 1 amide bonds. The molecule has 0 saturated carbocycles. The number of benzene rings is 1. The fraction of sp³-hybridized carbons (Fsp3) is 0.100. The minimum atomic E-state index is -0.551. The zero-order chi connectivity index (χ0) is 13.8. The lowest BCUT2D eigenvalue weighted by atomic mass is 10.3. The summed E-state index contributed by atoms with van der Waals surface area (Å²) in [6, 6.07) is 3.92. The summed E-state index contributed by atoms with van der Waals surface area (Å²) in [5, 5.41) is 10.4. The van der Waals surface area contributed by atoms with Gasteiger partial charge in [-0.3, -0.25) is 4.79 Å². The first-order valence-corrected chi connectivity index (χ1v) is 6.45. The van der Waals surface area contributed by atoms with Gasteiger partial charge >= 0.3 is 0 Å². The normalized spacial score (nSPS) is 10.4. The van der Waals surface area contributed by atoms with Crippen molar-refractivity contribution in [2.24, 2.45) is 0 Å². The molecule has 3 N–H and O–H groups in total. The van der Waals surface area contributed by atoms with Gasteiger partial charge in [0.2, 0.25) is 11.1 Å². The topological polar surface area (TPSA) is 85.8 Å². The Hall–Kier alpha value is -1.80. The summed E-state index contributed by atoms with van der Waals surface area (Å²) in [5.74, 6) is 4.57. The molecule has 0 saturated heterocycles. The van der Waals surface area contributed by atoms with E-state index in [-0.39, 0.29) is 11.4 Å². The number of carbonyl (C=O) groups is 1. The van der Waals surface area contributed by atoms with Crippen molar-refractivity contribution in [3.63, 3.8) is 0 Å². The zero-order valence-electron chi connectivity index (χ0n) is 9.51. The smallest absolute Gasteiger partial charge is 0.234 e. The van der Waals surface area contributed by atoms with Gasteiger partial charge in [-0.1, -0.05) is 23.4 Å². The molecule has 0 spiro atoms. The Morgan fingerprint density at radius 3 is 3.05 bits per heavy atom. The lowest BCUT2D eigenvalue weighted by Crippen LogP contribution is -2.16. The van der Waals surface area contributed by atoms with Crippen LogP contribution in [0.3, 0.4) is 0 Å². The van der Waals surface area contributed by atoms with Crippen LogP contribution in [0.4, 0.5) is 10.1 Å². The summed E-state index contributed by atoms with van der Waals surface area (Å²) in [4.78, 5) is 11.6. The van der Waals surface area contributed by atoms with Crippen LogP contribution in [0.5, 0.6) is 0 Å². The molecule has 0 atom stereocenters. The summed E-state index contributed by atoms with van der Waals surface area (Å²) in [5.41, 5.74) is 0.0346. The molecule has 0 unspecified atom stereocenters. The third-order valence-electron chi connectivity index (χ3n) is 2.08. The highest BCUT2D eigenvalue weighted by atomic mass is 35.5. The number of nitrogens with two attached hydrogens (primary N) is 1. The Kier molecular flexibility index (Phi) is 4.23. The van der Waals surface area contributed by atoms with Crippen molar-refractivity contribution in [3.8, 4) is 0 Å². The Bertz CT molecular complexity index is 605. The van der Waals surface area contributed by atoms with Gasteiger partial charge in [-0.2, -0.15) is 0 Å². The van der Waals surface area contributed by atoms with Crippen LogP contribution in [0.2, 0.25) is 5.02 Å². The Morgan fingerprint density at radius 2 is 2.37 bits per heavy atom. The maximum absolute atomic E-state index is 13.4. The second kappa shape index (κ2) is 5.89. The van der Waals surface area contributed by atoms with Gasteiger partial charge < -0.3 is 11.2 Å². The van der Waals surface area contributed by atoms with Gasteiger partial charge in [0.1, 0.15) is 12.1 Å². The molecule has 1 heterocycles. The summed E-state index contributed by atoms with van der Waals surface area (Å²) in [6.45, 7) is 0. The lowest BCUT2D eigenvalue weighted by Gasteiger charge is -2.06. The first-order valence-electron chi connectivity index (χ1n) is 5.09. The molecular formula is C10H9ClFN5OS. The Labute approximate surface area is 117 Å². The number of carbonyl (C=O) groups excluding carboxylic acids is 1. The van der Waals surface area contributed by atoms with Crippen LogP contribution in [-0.2, 0) is 4.79 Å². The summed E-state index contributed by atoms with van der Waals surface area (Å²) < 4.78 is 14.6. The van der Waals surface area contributed by atoms with Crippen LogP contribution in [0.25, 0.3) is 0 Å². The Morgan fingerprint density at radius 1 is 1.58 bits per heavy atom. The molecule has 0 radical (unpaired) electrons. The molecule has 2 aromatic rings. The average Bonchev–Trinajstić information content (AvgIpc) is 2.77. The van der Waals surface area contributed by atoms with E-state index in [1.165, 1.54) is 29.2 Å². The highest BCUT2D eigenvalue weighted by Gasteiger charge is 2.10. The quantitative estimate of drug-likeness (QED) is 0.660. The number of thioether (sulfide) groups is 1. The van der Waals surface area contributed by atoms with E-state index in [9.17, 15) is 9.18 Å². The molecule has 0 aliphatic rings. The SMILES string of the molecule is Nn1cnnc1SCC(=O)Nc1cc(Cl)ccc1F. The molecule has 19 heavy (non-hydrogen) atoms. The van der Waals surface area contributed by atoms with E-state index in [0.717, 1.165) is 11.8 Å². The summed E-state index contributed by atoms with van der Waals surface area (Å²) in [7, 11) is 0. The maximum Gasteiger partial charge on any atom is 0.234 e. The van der Waals surface area contributed by atoms with Crippen molar-refractivity contribution < 1.29 is 9.18 Å². The second-order valence-electron chi connectivity index (χ2n) is 3.48. The van der Waals surface area contributed by atoms with E-state index in [1.54, 1.807) is 0 Å². The van der Waals surface area contributed by atoms with Gasteiger partial charge in [-0.15, -0.1) is 10.2 Å². The number of amides is 1. The summed E-state index contributed by atoms with van der Waals surface area (Å²) >= 11 is 6.81. The summed E-state index contributed by atoms with van der Waals surface area (Å²) in [6.07, 6.45) is 1.32.